The van der Waals surface area contributed by atoms with Crippen LogP contribution in [-0.2, 0) is 0 Å². The van der Waals surface area contributed by atoms with Gasteiger partial charge in [-0.1, -0.05) is 51.8 Å². The first-order valence-electron chi connectivity index (χ1n) is 8.83. The van der Waals surface area contributed by atoms with Gasteiger partial charge in [0.1, 0.15) is 17.0 Å². The molecule has 0 atom stereocenters. The third-order valence-corrected chi connectivity index (χ3v) is 5.62. The van der Waals surface area contributed by atoms with Gasteiger partial charge in [-0.05, 0) is 24.7 Å². The molecular weight excluding hydrogens is 398 g/mol. The number of fused-ring (bicyclic) bond motifs is 2. The number of hydrogen-bond donors (Lipinski definition) is 2. The van der Waals surface area contributed by atoms with E-state index in [9.17, 15) is 0 Å². The quantitative estimate of drug-likeness (QED) is 0.482. The zero-order chi connectivity index (χ0) is 17.2. The summed E-state index contributed by atoms with van der Waals surface area (Å²) < 4.78 is 0. The SMILES string of the molecule is Br.CCCCCCNc1ncnc2c1N=C1CC(C)(C)CC(N)=C1S2. The lowest BCUT2D eigenvalue weighted by molar-refractivity contribution is 0.371. The molecule has 7 heteroatoms. The molecule has 0 amide bonds. The number of hydrogen-bond acceptors (Lipinski definition) is 6. The van der Waals surface area contributed by atoms with Gasteiger partial charge in [-0.25, -0.2) is 15.0 Å². The van der Waals surface area contributed by atoms with Gasteiger partial charge in [0.15, 0.2) is 5.82 Å². The maximum Gasteiger partial charge on any atom is 0.156 e. The van der Waals surface area contributed by atoms with E-state index in [2.05, 4.69) is 36.1 Å². The number of nitrogens with one attached hydrogen (secondary N) is 1. The van der Waals surface area contributed by atoms with Gasteiger partial charge in [0.2, 0.25) is 0 Å². The molecule has 2 aliphatic rings. The van der Waals surface area contributed by atoms with E-state index in [4.69, 9.17) is 10.7 Å². The van der Waals surface area contributed by atoms with Gasteiger partial charge in [-0.3, -0.25) is 0 Å². The Morgan fingerprint density at radius 1 is 1.20 bits per heavy atom. The van der Waals surface area contributed by atoms with Crippen molar-refractivity contribution in [2.75, 3.05) is 11.9 Å². The zero-order valence-electron chi connectivity index (χ0n) is 15.3. The van der Waals surface area contributed by atoms with Crippen LogP contribution in [-0.4, -0.2) is 22.2 Å². The van der Waals surface area contributed by atoms with Gasteiger partial charge < -0.3 is 11.1 Å². The lowest BCUT2D eigenvalue weighted by atomic mass is 9.78. The summed E-state index contributed by atoms with van der Waals surface area (Å²) in [7, 11) is 0. The Morgan fingerprint density at radius 3 is 2.76 bits per heavy atom. The number of thioether (sulfide) groups is 1. The zero-order valence-corrected chi connectivity index (χ0v) is 17.8. The highest BCUT2D eigenvalue weighted by molar-refractivity contribution is 8.93. The summed E-state index contributed by atoms with van der Waals surface area (Å²) in [5, 5.41) is 4.35. The van der Waals surface area contributed by atoms with Gasteiger partial charge >= 0.3 is 0 Å². The number of aromatic nitrogens is 2. The molecule has 0 unspecified atom stereocenters. The van der Waals surface area contributed by atoms with Gasteiger partial charge in [0.25, 0.3) is 0 Å². The van der Waals surface area contributed by atoms with Gasteiger partial charge in [0, 0.05) is 12.2 Å². The lowest BCUT2D eigenvalue weighted by Crippen LogP contribution is -2.28. The highest BCUT2D eigenvalue weighted by Gasteiger charge is 2.34. The van der Waals surface area contributed by atoms with Crippen LogP contribution < -0.4 is 11.1 Å². The molecule has 0 saturated heterocycles. The largest absolute Gasteiger partial charge is 0.401 e. The fourth-order valence-corrected chi connectivity index (χ4v) is 4.22. The van der Waals surface area contributed by atoms with Crippen LogP contribution in [0.4, 0.5) is 11.5 Å². The fourth-order valence-electron chi connectivity index (χ4n) is 3.25. The summed E-state index contributed by atoms with van der Waals surface area (Å²) in [4.78, 5) is 14.8. The summed E-state index contributed by atoms with van der Waals surface area (Å²) in [5.41, 5.74) is 9.37. The van der Waals surface area contributed by atoms with Crippen molar-refractivity contribution in [3.05, 3.63) is 16.9 Å². The summed E-state index contributed by atoms with van der Waals surface area (Å²) >= 11 is 1.64. The second-order valence-electron chi connectivity index (χ2n) is 7.40. The van der Waals surface area contributed by atoms with Crippen LogP contribution >= 0.6 is 28.7 Å². The Morgan fingerprint density at radius 2 is 2.00 bits per heavy atom. The smallest absolute Gasteiger partial charge is 0.156 e. The van der Waals surface area contributed by atoms with E-state index in [1.807, 2.05) is 0 Å². The number of halogens is 1. The molecule has 1 aliphatic heterocycles. The number of anilines is 1. The van der Waals surface area contributed by atoms with Gasteiger partial charge in [0.05, 0.1) is 10.6 Å². The summed E-state index contributed by atoms with van der Waals surface area (Å²) in [5.74, 6) is 0.845. The molecular formula is C18H28BrN5S. The Kier molecular flexibility index (Phi) is 6.91. The maximum absolute atomic E-state index is 6.31. The van der Waals surface area contributed by atoms with Crippen LogP contribution in [0.15, 0.2) is 26.9 Å². The summed E-state index contributed by atoms with van der Waals surface area (Å²) in [6.45, 7) is 7.64. The van der Waals surface area contributed by atoms with Crippen LogP contribution in [0.5, 0.6) is 0 Å². The summed E-state index contributed by atoms with van der Waals surface area (Å²) in [6.07, 6.45) is 8.41. The van der Waals surface area contributed by atoms with E-state index in [1.54, 1.807) is 18.1 Å². The van der Waals surface area contributed by atoms with Crippen molar-refractivity contribution in [3.63, 3.8) is 0 Å². The molecule has 0 bridgehead atoms. The minimum atomic E-state index is 0. The van der Waals surface area contributed by atoms with Crippen molar-refractivity contribution in [3.8, 4) is 0 Å². The van der Waals surface area contributed by atoms with E-state index in [-0.39, 0.29) is 22.4 Å². The molecule has 3 rings (SSSR count). The van der Waals surface area contributed by atoms with Crippen molar-refractivity contribution in [1.82, 2.24) is 9.97 Å². The van der Waals surface area contributed by atoms with E-state index in [1.165, 1.54) is 19.3 Å². The molecule has 0 saturated carbocycles. The van der Waals surface area contributed by atoms with Crippen molar-refractivity contribution in [2.45, 2.75) is 64.3 Å². The Balaban J connectivity index is 0.00000225. The van der Waals surface area contributed by atoms with Crippen LogP contribution in [0.1, 0.15) is 59.3 Å². The molecule has 0 spiro atoms. The number of aliphatic imine (C=N–C) groups is 1. The molecule has 1 aliphatic carbocycles. The lowest BCUT2D eigenvalue weighted by Gasteiger charge is -2.34. The molecule has 3 N–H and O–H groups in total. The maximum atomic E-state index is 6.31. The van der Waals surface area contributed by atoms with E-state index < -0.39 is 0 Å². The second-order valence-corrected chi connectivity index (χ2v) is 8.40. The Hall–Kier alpha value is -1.08. The van der Waals surface area contributed by atoms with Gasteiger partial charge in [-0.2, -0.15) is 0 Å². The van der Waals surface area contributed by atoms with Crippen molar-refractivity contribution in [1.29, 1.82) is 0 Å². The molecule has 25 heavy (non-hydrogen) atoms. The molecule has 138 valence electrons. The molecule has 0 radical (unpaired) electrons. The number of unbranched alkanes of at least 4 members (excludes halogenated alkanes) is 3. The molecule has 1 aromatic rings. The minimum Gasteiger partial charge on any atom is -0.401 e. The first-order chi connectivity index (χ1) is 11.5. The average molecular weight is 426 g/mol. The monoisotopic (exact) mass is 425 g/mol. The molecule has 1 aromatic heterocycles. The predicted octanol–water partition coefficient (Wildman–Crippen LogP) is 5.22. The number of allylic oxidation sites excluding steroid dienone is 2. The van der Waals surface area contributed by atoms with Gasteiger partial charge in [-0.15, -0.1) is 17.0 Å². The van der Waals surface area contributed by atoms with E-state index in [0.717, 1.165) is 58.7 Å². The first kappa shape index (κ1) is 20.2. The molecule has 5 nitrogen and oxygen atoms in total. The number of nitrogens with two attached hydrogens (primary N) is 1. The topological polar surface area (TPSA) is 76.2 Å². The fraction of sp³-hybridized carbons (Fsp3) is 0.611. The van der Waals surface area contributed by atoms with Crippen LogP contribution in [0, 0.1) is 5.41 Å². The molecule has 2 heterocycles. The van der Waals surface area contributed by atoms with E-state index >= 15 is 0 Å². The Labute approximate surface area is 165 Å². The Bertz CT molecular complexity index is 684. The number of rotatable bonds is 6. The van der Waals surface area contributed by atoms with E-state index in [0.29, 0.717) is 0 Å². The number of nitrogens with zero attached hydrogens (tertiary/aromatic N) is 3. The molecule has 0 fully saturated rings. The minimum absolute atomic E-state index is 0. The third-order valence-electron chi connectivity index (χ3n) is 4.43. The standard InChI is InChI=1S/C18H27N5S.BrH/c1-4-5-6-7-8-20-16-14-17(22-11-21-16)24-15-12(19)9-18(2,3)10-13(15)23-14;/h11H,4-10,19H2,1-3H3,(H,20,21,22);1H. The predicted molar refractivity (Wildman–Crippen MR) is 112 cm³/mol. The average Bonchev–Trinajstić information content (AvgIpc) is 2.52. The van der Waals surface area contributed by atoms with Crippen molar-refractivity contribution in [2.24, 2.45) is 16.1 Å². The highest BCUT2D eigenvalue weighted by atomic mass is 79.9. The second kappa shape index (κ2) is 8.54. The normalized spacial score (nSPS) is 18.0. The third kappa shape index (κ3) is 4.76. The molecule has 0 aromatic carbocycles. The highest BCUT2D eigenvalue weighted by Crippen LogP contribution is 2.48. The van der Waals surface area contributed by atoms with Crippen molar-refractivity contribution < 1.29 is 0 Å². The van der Waals surface area contributed by atoms with Crippen LogP contribution in [0.3, 0.4) is 0 Å². The van der Waals surface area contributed by atoms with Crippen LogP contribution in [0.25, 0.3) is 0 Å². The first-order valence-corrected chi connectivity index (χ1v) is 9.65. The van der Waals surface area contributed by atoms with Crippen molar-refractivity contribution >= 4 is 46.0 Å². The van der Waals surface area contributed by atoms with Crippen LogP contribution in [0.2, 0.25) is 0 Å². The summed E-state index contributed by atoms with van der Waals surface area (Å²) in [6, 6.07) is 0.